The summed E-state index contributed by atoms with van der Waals surface area (Å²) < 4.78 is 0. The molecule has 23 heavy (non-hydrogen) atoms. The van der Waals surface area contributed by atoms with Crippen LogP contribution >= 0.6 is 0 Å². The normalized spacial score (nSPS) is 19.5. The molecule has 2 atom stereocenters. The number of likely N-dealkylation sites (tertiary alicyclic amines) is 1. The topological polar surface area (TPSA) is 58.4 Å². The van der Waals surface area contributed by atoms with Crippen LogP contribution in [0.4, 0.5) is 0 Å². The van der Waals surface area contributed by atoms with Crippen molar-refractivity contribution in [2.45, 2.75) is 45.7 Å². The maximum absolute atomic E-state index is 12.5. The van der Waals surface area contributed by atoms with Gasteiger partial charge in [-0.25, -0.2) is 0 Å². The first-order valence-electron chi connectivity index (χ1n) is 8.80. The summed E-state index contributed by atoms with van der Waals surface area (Å²) in [6, 6.07) is 9.89. The van der Waals surface area contributed by atoms with Crippen LogP contribution in [-0.4, -0.2) is 36.5 Å². The summed E-state index contributed by atoms with van der Waals surface area (Å²) in [7, 11) is 0. The zero-order valence-corrected chi connectivity index (χ0v) is 14.7. The molecule has 0 aromatic heterocycles. The van der Waals surface area contributed by atoms with E-state index in [1.54, 1.807) is 0 Å². The predicted molar refractivity (Wildman–Crippen MR) is 95.0 cm³/mol. The van der Waals surface area contributed by atoms with Gasteiger partial charge in [-0.1, -0.05) is 51.1 Å². The Bertz CT molecular complexity index is 481. The van der Waals surface area contributed by atoms with Gasteiger partial charge in [0.15, 0.2) is 0 Å². The second-order valence-electron chi connectivity index (χ2n) is 7.20. The van der Waals surface area contributed by atoms with Crippen LogP contribution in [-0.2, 0) is 4.79 Å². The third kappa shape index (κ3) is 5.33. The van der Waals surface area contributed by atoms with Crippen molar-refractivity contribution < 1.29 is 4.79 Å². The summed E-state index contributed by atoms with van der Waals surface area (Å²) in [6.07, 6.45) is 2.07. The molecular formula is C19H31N3O. The predicted octanol–water partition coefficient (Wildman–Crippen LogP) is 2.56. The fraction of sp³-hybridized carbons (Fsp3) is 0.632. The zero-order valence-electron chi connectivity index (χ0n) is 14.7. The number of hydrogen-bond acceptors (Lipinski definition) is 3. The minimum absolute atomic E-state index is 0.0728. The van der Waals surface area contributed by atoms with Gasteiger partial charge >= 0.3 is 0 Å². The smallest absolute Gasteiger partial charge is 0.224 e. The van der Waals surface area contributed by atoms with E-state index in [2.05, 4.69) is 24.1 Å². The Morgan fingerprint density at radius 1 is 1.22 bits per heavy atom. The Hall–Kier alpha value is -1.39. The average Bonchev–Trinajstić information content (AvgIpc) is 2.55. The molecule has 2 rings (SSSR count). The van der Waals surface area contributed by atoms with Gasteiger partial charge in [0.2, 0.25) is 5.91 Å². The fourth-order valence-corrected chi connectivity index (χ4v) is 3.24. The van der Waals surface area contributed by atoms with Gasteiger partial charge in [-0.2, -0.15) is 0 Å². The van der Waals surface area contributed by atoms with Crippen LogP contribution in [0.3, 0.4) is 0 Å². The minimum atomic E-state index is -0.253. The van der Waals surface area contributed by atoms with E-state index in [4.69, 9.17) is 5.73 Å². The first-order valence-corrected chi connectivity index (χ1v) is 8.80. The van der Waals surface area contributed by atoms with Crippen molar-refractivity contribution in [3.8, 4) is 0 Å². The molecule has 1 saturated heterocycles. The van der Waals surface area contributed by atoms with E-state index < -0.39 is 0 Å². The highest BCUT2D eigenvalue weighted by molar-refractivity contribution is 5.79. The lowest BCUT2D eigenvalue weighted by Crippen LogP contribution is -2.47. The molecule has 1 aromatic carbocycles. The number of nitrogens with zero attached hydrogens (tertiary/aromatic N) is 1. The number of carbonyl (C=O) groups is 1. The van der Waals surface area contributed by atoms with Gasteiger partial charge in [-0.05, 0) is 24.3 Å². The quantitative estimate of drug-likeness (QED) is 0.848. The van der Waals surface area contributed by atoms with Crippen molar-refractivity contribution in [3.05, 3.63) is 35.9 Å². The number of hydrogen-bond donors (Lipinski definition) is 2. The Morgan fingerprint density at radius 2 is 1.83 bits per heavy atom. The van der Waals surface area contributed by atoms with Crippen LogP contribution in [0, 0.1) is 11.8 Å². The monoisotopic (exact) mass is 317 g/mol. The summed E-state index contributed by atoms with van der Waals surface area (Å²) in [5, 5.41) is 3.20. The maximum atomic E-state index is 12.5. The lowest BCUT2D eigenvalue weighted by atomic mass is 9.94. The summed E-state index contributed by atoms with van der Waals surface area (Å²) >= 11 is 0. The lowest BCUT2D eigenvalue weighted by molar-refractivity contribution is -0.126. The number of piperidine rings is 1. The molecule has 1 aliphatic rings. The van der Waals surface area contributed by atoms with Crippen LogP contribution < -0.4 is 11.1 Å². The Kier molecular flexibility index (Phi) is 6.60. The third-order valence-electron chi connectivity index (χ3n) is 4.69. The summed E-state index contributed by atoms with van der Waals surface area (Å²) in [6.45, 7) is 9.71. The molecule has 0 radical (unpaired) electrons. The first kappa shape index (κ1) is 18.0. The number of nitrogens with one attached hydrogen (secondary N) is 1. The van der Waals surface area contributed by atoms with Gasteiger partial charge in [0.25, 0.3) is 0 Å². The number of benzene rings is 1. The molecular weight excluding hydrogens is 286 g/mol. The van der Waals surface area contributed by atoms with Crippen molar-refractivity contribution in [3.63, 3.8) is 0 Å². The van der Waals surface area contributed by atoms with E-state index in [1.165, 1.54) is 0 Å². The van der Waals surface area contributed by atoms with Gasteiger partial charge in [-0.15, -0.1) is 0 Å². The van der Waals surface area contributed by atoms with E-state index in [-0.39, 0.29) is 23.9 Å². The molecule has 0 spiro atoms. The maximum Gasteiger partial charge on any atom is 0.224 e. The molecule has 1 amide bonds. The average molecular weight is 317 g/mol. The fourth-order valence-electron chi connectivity index (χ4n) is 3.24. The molecule has 3 N–H and O–H groups in total. The Labute approximate surface area is 140 Å². The standard InChI is InChI=1S/C19H31N3O/c1-14(2)13-22-11-9-17(10-12-22)21-19(23)15(3)18(20)16-7-5-4-6-8-16/h4-8,14-15,17-18H,9-13,20H2,1-3H3,(H,21,23). The van der Waals surface area contributed by atoms with Crippen molar-refractivity contribution >= 4 is 5.91 Å². The van der Waals surface area contributed by atoms with Gasteiger partial charge in [0.05, 0.1) is 5.92 Å². The largest absolute Gasteiger partial charge is 0.353 e. The second kappa shape index (κ2) is 8.46. The highest BCUT2D eigenvalue weighted by atomic mass is 16.2. The molecule has 2 unspecified atom stereocenters. The van der Waals surface area contributed by atoms with E-state index in [9.17, 15) is 4.79 Å². The zero-order chi connectivity index (χ0) is 16.8. The van der Waals surface area contributed by atoms with E-state index in [1.807, 2.05) is 37.3 Å². The molecule has 0 saturated carbocycles. The van der Waals surface area contributed by atoms with Crippen LogP contribution in [0.25, 0.3) is 0 Å². The molecule has 1 aromatic rings. The van der Waals surface area contributed by atoms with Gasteiger partial charge in [0, 0.05) is 31.7 Å². The van der Waals surface area contributed by atoms with Crippen LogP contribution in [0.1, 0.15) is 45.2 Å². The van der Waals surface area contributed by atoms with Crippen molar-refractivity contribution in [2.24, 2.45) is 17.6 Å². The van der Waals surface area contributed by atoms with E-state index >= 15 is 0 Å². The highest BCUT2D eigenvalue weighted by Gasteiger charge is 2.26. The second-order valence-corrected chi connectivity index (χ2v) is 7.20. The molecule has 128 valence electrons. The SMILES string of the molecule is CC(C)CN1CCC(NC(=O)C(C)C(N)c2ccccc2)CC1. The van der Waals surface area contributed by atoms with Gasteiger partial charge in [0.1, 0.15) is 0 Å². The molecule has 0 aliphatic carbocycles. The van der Waals surface area contributed by atoms with Crippen LogP contribution in [0.5, 0.6) is 0 Å². The molecule has 4 heteroatoms. The van der Waals surface area contributed by atoms with E-state index in [0.29, 0.717) is 5.92 Å². The molecule has 1 aliphatic heterocycles. The lowest BCUT2D eigenvalue weighted by Gasteiger charge is -2.34. The van der Waals surface area contributed by atoms with Crippen molar-refractivity contribution in [1.82, 2.24) is 10.2 Å². The number of rotatable bonds is 6. The summed E-state index contributed by atoms with van der Waals surface area (Å²) in [5.41, 5.74) is 7.27. The Balaban J connectivity index is 1.80. The number of amides is 1. The molecule has 4 nitrogen and oxygen atoms in total. The van der Waals surface area contributed by atoms with Gasteiger partial charge in [-0.3, -0.25) is 4.79 Å². The van der Waals surface area contributed by atoms with Crippen LogP contribution in [0.15, 0.2) is 30.3 Å². The first-order chi connectivity index (χ1) is 11.0. The van der Waals surface area contributed by atoms with Gasteiger partial charge < -0.3 is 16.0 Å². The number of nitrogens with two attached hydrogens (primary N) is 1. The Morgan fingerprint density at radius 3 is 2.39 bits per heavy atom. The molecule has 1 heterocycles. The summed E-state index contributed by atoms with van der Waals surface area (Å²) in [5.74, 6) is 0.555. The van der Waals surface area contributed by atoms with E-state index in [0.717, 1.165) is 38.0 Å². The third-order valence-corrected chi connectivity index (χ3v) is 4.69. The van der Waals surface area contributed by atoms with Crippen molar-refractivity contribution in [2.75, 3.05) is 19.6 Å². The van der Waals surface area contributed by atoms with Crippen molar-refractivity contribution in [1.29, 1.82) is 0 Å². The highest BCUT2D eigenvalue weighted by Crippen LogP contribution is 2.20. The summed E-state index contributed by atoms with van der Waals surface area (Å²) in [4.78, 5) is 15.0. The molecule has 0 bridgehead atoms. The minimum Gasteiger partial charge on any atom is -0.353 e. The number of carbonyl (C=O) groups excluding carboxylic acids is 1. The molecule has 1 fully saturated rings. The van der Waals surface area contributed by atoms with Crippen LogP contribution in [0.2, 0.25) is 0 Å².